The Morgan fingerprint density at radius 3 is 2.17 bits per heavy atom. The van der Waals surface area contributed by atoms with Crippen LogP contribution in [0.4, 0.5) is 0 Å². The molecule has 1 aliphatic heterocycles. The maximum absolute atomic E-state index is 13.1. The van der Waals surface area contributed by atoms with E-state index in [4.69, 9.17) is 28.4 Å². The highest BCUT2D eigenvalue weighted by molar-refractivity contribution is 6.15. The Bertz CT molecular complexity index is 1320. The minimum Gasteiger partial charge on any atom is -0.497 e. The van der Waals surface area contributed by atoms with Gasteiger partial charge in [-0.25, -0.2) is 4.79 Å². The molecule has 0 saturated heterocycles. The summed E-state index contributed by atoms with van der Waals surface area (Å²) in [7, 11) is 6.07. The van der Waals surface area contributed by atoms with Crippen molar-refractivity contribution in [3.8, 4) is 34.5 Å². The molecule has 180 valence electrons. The molecule has 8 nitrogen and oxygen atoms in total. The molecular formula is C27H24O8. The predicted octanol–water partition coefficient (Wildman–Crippen LogP) is 4.86. The SMILES string of the molecule is COc1ccc(C(=O)Oc2cc(C)c3c(c2)O/C(=C\c2ccc(OC)c(OC)c2OC)C3=O)cc1. The van der Waals surface area contributed by atoms with Crippen molar-refractivity contribution in [1.29, 1.82) is 0 Å². The molecule has 0 aromatic heterocycles. The van der Waals surface area contributed by atoms with Crippen molar-refractivity contribution in [2.75, 3.05) is 28.4 Å². The third kappa shape index (κ3) is 4.50. The molecule has 3 aromatic rings. The van der Waals surface area contributed by atoms with E-state index in [0.29, 0.717) is 51.0 Å². The van der Waals surface area contributed by atoms with E-state index in [0.717, 1.165) is 0 Å². The number of methoxy groups -OCH3 is 4. The molecule has 4 rings (SSSR count). The average Bonchev–Trinajstić information content (AvgIpc) is 3.18. The summed E-state index contributed by atoms with van der Waals surface area (Å²) in [4.78, 5) is 25.7. The first-order chi connectivity index (χ1) is 16.9. The fraction of sp³-hybridized carbons (Fsp3) is 0.185. The largest absolute Gasteiger partial charge is 0.497 e. The number of ketones is 1. The zero-order valence-electron chi connectivity index (χ0n) is 20.0. The highest BCUT2D eigenvalue weighted by Crippen LogP contribution is 2.42. The quantitative estimate of drug-likeness (QED) is 0.271. The van der Waals surface area contributed by atoms with Crippen LogP contribution in [0.15, 0.2) is 54.3 Å². The summed E-state index contributed by atoms with van der Waals surface area (Å²) in [5.41, 5.74) is 1.96. The number of esters is 1. The molecule has 3 aromatic carbocycles. The van der Waals surface area contributed by atoms with Crippen LogP contribution < -0.4 is 28.4 Å². The molecule has 1 aliphatic rings. The van der Waals surface area contributed by atoms with Crippen LogP contribution in [0.5, 0.6) is 34.5 Å². The molecular weight excluding hydrogens is 452 g/mol. The summed E-state index contributed by atoms with van der Waals surface area (Å²) in [5, 5.41) is 0. The molecule has 0 atom stereocenters. The predicted molar refractivity (Wildman–Crippen MR) is 128 cm³/mol. The van der Waals surface area contributed by atoms with Gasteiger partial charge in [0.1, 0.15) is 17.2 Å². The van der Waals surface area contributed by atoms with Crippen molar-refractivity contribution in [3.05, 3.63) is 76.5 Å². The van der Waals surface area contributed by atoms with E-state index in [9.17, 15) is 9.59 Å². The number of ether oxygens (including phenoxy) is 6. The number of carbonyl (C=O) groups excluding carboxylic acids is 2. The van der Waals surface area contributed by atoms with E-state index in [2.05, 4.69) is 0 Å². The molecule has 0 N–H and O–H groups in total. The number of hydrogen-bond donors (Lipinski definition) is 0. The van der Waals surface area contributed by atoms with Crippen molar-refractivity contribution in [2.24, 2.45) is 0 Å². The van der Waals surface area contributed by atoms with Crippen LogP contribution in [0.25, 0.3) is 6.08 Å². The van der Waals surface area contributed by atoms with Crippen LogP contribution >= 0.6 is 0 Å². The Morgan fingerprint density at radius 2 is 1.54 bits per heavy atom. The number of allylic oxidation sites excluding steroid dienone is 1. The van der Waals surface area contributed by atoms with Gasteiger partial charge in [-0.1, -0.05) is 0 Å². The molecule has 0 bridgehead atoms. The zero-order chi connectivity index (χ0) is 25.1. The number of Topliss-reactive ketones (excluding diaryl/α,β-unsaturated/α-hetero) is 1. The van der Waals surface area contributed by atoms with Gasteiger partial charge < -0.3 is 28.4 Å². The van der Waals surface area contributed by atoms with E-state index in [1.165, 1.54) is 27.4 Å². The second-order valence-electron chi connectivity index (χ2n) is 7.59. The van der Waals surface area contributed by atoms with E-state index in [-0.39, 0.29) is 17.3 Å². The van der Waals surface area contributed by atoms with Gasteiger partial charge in [0.25, 0.3) is 0 Å². The van der Waals surface area contributed by atoms with Crippen LogP contribution in [0, 0.1) is 6.92 Å². The first-order valence-electron chi connectivity index (χ1n) is 10.6. The van der Waals surface area contributed by atoms with Crippen molar-refractivity contribution in [3.63, 3.8) is 0 Å². The molecule has 0 aliphatic carbocycles. The van der Waals surface area contributed by atoms with Crippen molar-refractivity contribution in [1.82, 2.24) is 0 Å². The summed E-state index contributed by atoms with van der Waals surface area (Å²) < 4.78 is 32.7. The molecule has 0 saturated carbocycles. The Balaban J connectivity index is 1.62. The molecule has 0 amide bonds. The molecule has 8 heteroatoms. The highest BCUT2D eigenvalue weighted by atomic mass is 16.5. The Hall–Kier alpha value is -4.46. The monoisotopic (exact) mass is 476 g/mol. The van der Waals surface area contributed by atoms with Gasteiger partial charge in [0.2, 0.25) is 11.5 Å². The maximum atomic E-state index is 13.1. The number of fused-ring (bicyclic) bond motifs is 1. The van der Waals surface area contributed by atoms with Crippen molar-refractivity contribution >= 4 is 17.8 Å². The lowest BCUT2D eigenvalue weighted by Crippen LogP contribution is -2.08. The number of benzene rings is 3. The fourth-order valence-electron chi connectivity index (χ4n) is 3.81. The number of hydrogen-bond acceptors (Lipinski definition) is 8. The average molecular weight is 476 g/mol. The minimum atomic E-state index is -0.540. The molecule has 0 spiro atoms. The summed E-state index contributed by atoms with van der Waals surface area (Å²) in [6.45, 7) is 1.75. The topological polar surface area (TPSA) is 89.5 Å². The van der Waals surface area contributed by atoms with Gasteiger partial charge in [-0.3, -0.25) is 4.79 Å². The standard InChI is InChI=1S/C27H24O8/c1-15-12-19(34-27(29)16-6-9-18(30-2)10-7-16)14-21-23(15)24(28)22(35-21)13-17-8-11-20(31-3)26(33-5)25(17)32-4/h6-14H,1-5H3/b22-13-. The van der Waals surface area contributed by atoms with Gasteiger partial charge in [0.15, 0.2) is 17.3 Å². The van der Waals surface area contributed by atoms with E-state index >= 15 is 0 Å². The smallest absolute Gasteiger partial charge is 0.343 e. The van der Waals surface area contributed by atoms with Crippen LogP contribution in [-0.2, 0) is 0 Å². The van der Waals surface area contributed by atoms with Crippen LogP contribution in [-0.4, -0.2) is 40.2 Å². The van der Waals surface area contributed by atoms with Gasteiger partial charge >= 0.3 is 5.97 Å². The van der Waals surface area contributed by atoms with Crippen LogP contribution in [0.1, 0.15) is 31.8 Å². The summed E-state index contributed by atoms with van der Waals surface area (Å²) in [6.07, 6.45) is 1.58. The number of carbonyl (C=O) groups is 2. The zero-order valence-corrected chi connectivity index (χ0v) is 20.0. The number of rotatable bonds is 7. The van der Waals surface area contributed by atoms with Gasteiger partial charge in [-0.05, 0) is 61.0 Å². The second-order valence-corrected chi connectivity index (χ2v) is 7.59. The maximum Gasteiger partial charge on any atom is 0.343 e. The lowest BCUT2D eigenvalue weighted by molar-refractivity contribution is 0.0734. The van der Waals surface area contributed by atoms with Crippen molar-refractivity contribution < 1.29 is 38.0 Å². The van der Waals surface area contributed by atoms with E-state index in [1.54, 1.807) is 62.6 Å². The highest BCUT2D eigenvalue weighted by Gasteiger charge is 2.31. The molecule has 1 heterocycles. The summed E-state index contributed by atoms with van der Waals surface area (Å²) in [6, 6.07) is 13.2. The number of aryl methyl sites for hydroxylation is 1. The lowest BCUT2D eigenvalue weighted by atomic mass is 10.0. The molecule has 0 radical (unpaired) electrons. The normalized spacial score (nSPS) is 13.2. The third-order valence-electron chi connectivity index (χ3n) is 5.50. The molecule has 35 heavy (non-hydrogen) atoms. The summed E-state index contributed by atoms with van der Waals surface area (Å²) >= 11 is 0. The van der Waals surface area contributed by atoms with E-state index in [1.807, 2.05) is 0 Å². The second kappa shape index (κ2) is 9.80. The first-order valence-corrected chi connectivity index (χ1v) is 10.6. The Kier molecular flexibility index (Phi) is 6.64. The van der Waals surface area contributed by atoms with Gasteiger partial charge in [0.05, 0.1) is 39.6 Å². The lowest BCUT2D eigenvalue weighted by Gasteiger charge is -2.14. The minimum absolute atomic E-state index is 0.104. The van der Waals surface area contributed by atoms with Gasteiger partial charge in [0, 0.05) is 11.6 Å². The summed E-state index contributed by atoms with van der Waals surface area (Å²) in [5.74, 6) is 1.77. The van der Waals surface area contributed by atoms with Gasteiger partial charge in [-0.15, -0.1) is 0 Å². The van der Waals surface area contributed by atoms with Gasteiger partial charge in [-0.2, -0.15) is 0 Å². The first kappa shape index (κ1) is 23.7. The van der Waals surface area contributed by atoms with E-state index < -0.39 is 5.97 Å². The Morgan fingerprint density at radius 1 is 0.829 bits per heavy atom. The molecule has 0 unspecified atom stereocenters. The van der Waals surface area contributed by atoms with Crippen LogP contribution in [0.2, 0.25) is 0 Å². The van der Waals surface area contributed by atoms with Crippen LogP contribution in [0.3, 0.4) is 0 Å². The Labute approximate surface area is 202 Å². The fourth-order valence-corrected chi connectivity index (χ4v) is 3.81. The van der Waals surface area contributed by atoms with Crippen molar-refractivity contribution in [2.45, 2.75) is 6.92 Å². The molecule has 0 fully saturated rings. The third-order valence-corrected chi connectivity index (χ3v) is 5.50.